The van der Waals surface area contributed by atoms with Crippen molar-refractivity contribution in [2.24, 2.45) is 0 Å². The van der Waals surface area contributed by atoms with Gasteiger partial charge in [-0.1, -0.05) is 56.3 Å². The molecule has 1 aliphatic heterocycles. The fourth-order valence-corrected chi connectivity index (χ4v) is 5.74. The van der Waals surface area contributed by atoms with Crippen molar-refractivity contribution in [1.29, 1.82) is 0 Å². The molecule has 4 rings (SSSR count). The Hall–Kier alpha value is -2.99. The summed E-state index contributed by atoms with van der Waals surface area (Å²) in [6.07, 6.45) is 2.25. The number of amides is 2. The number of hydrogen-bond donors (Lipinski definition) is 0. The van der Waals surface area contributed by atoms with Gasteiger partial charge in [-0.3, -0.25) is 9.59 Å². The minimum Gasteiger partial charge on any atom is -0.333 e. The van der Waals surface area contributed by atoms with E-state index in [1.54, 1.807) is 28.4 Å². The van der Waals surface area contributed by atoms with Gasteiger partial charge >= 0.3 is 0 Å². The molecule has 0 bridgehead atoms. The van der Waals surface area contributed by atoms with Crippen molar-refractivity contribution in [3.8, 4) is 0 Å². The maximum absolute atomic E-state index is 13.7. The summed E-state index contributed by atoms with van der Waals surface area (Å²) >= 11 is 1.70. The lowest BCUT2D eigenvalue weighted by Gasteiger charge is -2.38. The van der Waals surface area contributed by atoms with Crippen molar-refractivity contribution in [2.45, 2.75) is 45.1 Å². The maximum Gasteiger partial charge on any atom is 0.242 e. The lowest BCUT2D eigenvalue weighted by molar-refractivity contribution is -0.142. The normalized spacial score (nSPS) is 16.1. The van der Waals surface area contributed by atoms with Gasteiger partial charge in [0.2, 0.25) is 11.8 Å². The van der Waals surface area contributed by atoms with Crippen LogP contribution >= 0.6 is 11.3 Å². The molecule has 0 saturated heterocycles. The van der Waals surface area contributed by atoms with Crippen LogP contribution in [0.15, 0.2) is 66.0 Å². The molecule has 3 aromatic rings. The number of benzene rings is 2. The van der Waals surface area contributed by atoms with Gasteiger partial charge in [0, 0.05) is 18.0 Å². The van der Waals surface area contributed by atoms with Crippen LogP contribution in [0.1, 0.15) is 60.2 Å². The van der Waals surface area contributed by atoms with Crippen LogP contribution in [0.5, 0.6) is 0 Å². The Labute approximate surface area is 205 Å². The molecule has 2 atom stereocenters. The van der Waals surface area contributed by atoms with E-state index in [1.165, 1.54) is 17.0 Å². The molecule has 1 aromatic heterocycles. The fourth-order valence-electron chi connectivity index (χ4n) is 4.84. The van der Waals surface area contributed by atoms with Gasteiger partial charge in [-0.25, -0.2) is 4.39 Å². The number of rotatable bonds is 8. The quantitative estimate of drug-likeness (QED) is 0.411. The molecule has 0 fully saturated rings. The average molecular weight is 479 g/mol. The van der Waals surface area contributed by atoms with Crippen molar-refractivity contribution < 1.29 is 14.0 Å². The molecule has 34 heavy (non-hydrogen) atoms. The molecular formula is C28H31FN2O2S. The summed E-state index contributed by atoms with van der Waals surface area (Å²) in [5.41, 5.74) is 2.96. The van der Waals surface area contributed by atoms with Crippen LogP contribution in [-0.4, -0.2) is 41.2 Å². The third-order valence-electron chi connectivity index (χ3n) is 6.51. The first-order chi connectivity index (χ1) is 16.5. The standard InChI is InChI=1S/C28H31FN2O2S/c1-3-16-30(28(33)23(4-2)20-8-6-5-7-9-20)19-26(32)31-17-14-25-24(15-18-34-25)27(31)21-10-12-22(29)13-11-21/h5-13,15,18,23,27H,3-4,14,16-17,19H2,1-2H3. The number of carbonyl (C=O) groups is 2. The van der Waals surface area contributed by atoms with E-state index < -0.39 is 0 Å². The second-order valence-corrected chi connectivity index (χ2v) is 9.72. The molecule has 1 aliphatic rings. The van der Waals surface area contributed by atoms with Gasteiger partial charge in [0.15, 0.2) is 0 Å². The zero-order chi connectivity index (χ0) is 24.1. The van der Waals surface area contributed by atoms with Crippen LogP contribution in [0.2, 0.25) is 0 Å². The van der Waals surface area contributed by atoms with Gasteiger partial charge in [-0.2, -0.15) is 0 Å². The van der Waals surface area contributed by atoms with Crippen LogP contribution in [0.3, 0.4) is 0 Å². The second kappa shape index (κ2) is 11.0. The van der Waals surface area contributed by atoms with Crippen molar-refractivity contribution >= 4 is 23.2 Å². The Morgan fingerprint density at radius 3 is 2.50 bits per heavy atom. The summed E-state index contributed by atoms with van der Waals surface area (Å²) in [6, 6.07) is 18.0. The Morgan fingerprint density at radius 1 is 1.09 bits per heavy atom. The maximum atomic E-state index is 13.7. The van der Waals surface area contributed by atoms with E-state index >= 15 is 0 Å². The summed E-state index contributed by atoms with van der Waals surface area (Å²) in [5.74, 6) is -0.640. The van der Waals surface area contributed by atoms with Gasteiger partial charge in [-0.15, -0.1) is 11.3 Å². The van der Waals surface area contributed by atoms with E-state index in [2.05, 4.69) is 6.07 Å². The van der Waals surface area contributed by atoms with Crippen molar-refractivity contribution in [3.05, 3.63) is 93.4 Å². The number of nitrogens with zero attached hydrogens (tertiary/aromatic N) is 2. The van der Waals surface area contributed by atoms with Crippen LogP contribution in [0.25, 0.3) is 0 Å². The molecule has 0 N–H and O–H groups in total. The first-order valence-corrected chi connectivity index (χ1v) is 12.9. The molecule has 4 nitrogen and oxygen atoms in total. The van der Waals surface area contributed by atoms with Crippen LogP contribution < -0.4 is 0 Å². The zero-order valence-electron chi connectivity index (χ0n) is 19.7. The molecular weight excluding hydrogens is 447 g/mol. The van der Waals surface area contributed by atoms with E-state index in [0.29, 0.717) is 19.5 Å². The van der Waals surface area contributed by atoms with E-state index in [0.717, 1.165) is 29.5 Å². The van der Waals surface area contributed by atoms with E-state index in [9.17, 15) is 14.0 Å². The molecule has 0 radical (unpaired) electrons. The largest absolute Gasteiger partial charge is 0.333 e. The monoisotopic (exact) mass is 478 g/mol. The van der Waals surface area contributed by atoms with Gasteiger partial charge < -0.3 is 9.80 Å². The van der Waals surface area contributed by atoms with Crippen molar-refractivity contribution in [3.63, 3.8) is 0 Å². The molecule has 2 heterocycles. The summed E-state index contributed by atoms with van der Waals surface area (Å²) in [6.45, 7) is 5.20. The SMILES string of the molecule is CCCN(CC(=O)N1CCc2sccc2C1c1ccc(F)cc1)C(=O)C(CC)c1ccccc1. The average Bonchev–Trinajstić information content (AvgIpc) is 3.34. The Bertz CT molecular complexity index is 1110. The summed E-state index contributed by atoms with van der Waals surface area (Å²) in [5, 5.41) is 2.05. The van der Waals surface area contributed by atoms with Gasteiger partial charge in [0.1, 0.15) is 5.82 Å². The number of hydrogen-bond acceptors (Lipinski definition) is 3. The first kappa shape index (κ1) is 24.1. The van der Waals surface area contributed by atoms with E-state index in [4.69, 9.17) is 0 Å². The fraction of sp³-hybridized carbons (Fsp3) is 0.357. The van der Waals surface area contributed by atoms with Crippen LogP contribution in [0, 0.1) is 5.82 Å². The molecule has 2 amide bonds. The highest BCUT2D eigenvalue weighted by Gasteiger charge is 2.34. The lowest BCUT2D eigenvalue weighted by atomic mass is 9.93. The van der Waals surface area contributed by atoms with E-state index in [1.807, 2.05) is 54.5 Å². The zero-order valence-corrected chi connectivity index (χ0v) is 20.6. The third-order valence-corrected chi connectivity index (χ3v) is 7.51. The summed E-state index contributed by atoms with van der Waals surface area (Å²) in [4.78, 5) is 32.1. The number of fused-ring (bicyclic) bond motifs is 1. The number of halogens is 1. The summed E-state index contributed by atoms with van der Waals surface area (Å²) in [7, 11) is 0. The molecule has 0 aliphatic carbocycles. The third kappa shape index (κ3) is 5.07. The second-order valence-electron chi connectivity index (χ2n) is 8.72. The highest BCUT2D eigenvalue weighted by atomic mass is 32.1. The van der Waals surface area contributed by atoms with Gasteiger partial charge in [-0.05, 0) is 59.5 Å². The van der Waals surface area contributed by atoms with Crippen molar-refractivity contribution in [1.82, 2.24) is 9.80 Å². The number of carbonyl (C=O) groups excluding carboxylic acids is 2. The van der Waals surface area contributed by atoms with Gasteiger partial charge in [0.05, 0.1) is 18.5 Å². The molecule has 0 spiro atoms. The van der Waals surface area contributed by atoms with Crippen LogP contribution in [-0.2, 0) is 16.0 Å². The predicted molar refractivity (Wildman–Crippen MR) is 134 cm³/mol. The minimum absolute atomic E-state index is 0.00420. The van der Waals surface area contributed by atoms with Gasteiger partial charge in [0.25, 0.3) is 0 Å². The molecule has 178 valence electrons. The molecule has 2 aromatic carbocycles. The molecule has 2 unspecified atom stereocenters. The Kier molecular flexibility index (Phi) is 7.78. The van der Waals surface area contributed by atoms with Crippen LogP contribution in [0.4, 0.5) is 4.39 Å². The first-order valence-electron chi connectivity index (χ1n) is 12.0. The summed E-state index contributed by atoms with van der Waals surface area (Å²) < 4.78 is 13.6. The topological polar surface area (TPSA) is 40.6 Å². The predicted octanol–water partition coefficient (Wildman–Crippen LogP) is 5.79. The minimum atomic E-state index is -0.297. The van der Waals surface area contributed by atoms with E-state index in [-0.39, 0.29) is 36.1 Å². The molecule has 0 saturated carbocycles. The Balaban J connectivity index is 1.59. The smallest absolute Gasteiger partial charge is 0.242 e. The highest BCUT2D eigenvalue weighted by molar-refractivity contribution is 7.10. The lowest BCUT2D eigenvalue weighted by Crippen LogP contribution is -2.47. The molecule has 6 heteroatoms. The van der Waals surface area contributed by atoms with Crippen molar-refractivity contribution in [2.75, 3.05) is 19.6 Å². The highest BCUT2D eigenvalue weighted by Crippen LogP contribution is 2.38. The Morgan fingerprint density at radius 2 is 1.82 bits per heavy atom. The number of thiophene rings is 1.